The maximum Gasteiger partial charge on any atom is 0.263 e. The zero-order valence-electron chi connectivity index (χ0n) is 15.8. The number of benzene rings is 1. The molecule has 1 atom stereocenters. The minimum atomic E-state index is -3.58. The van der Waals surface area contributed by atoms with E-state index in [2.05, 4.69) is 4.72 Å². The number of nitrogens with zero attached hydrogens (tertiary/aromatic N) is 1. The normalized spacial score (nSPS) is 16.1. The van der Waals surface area contributed by atoms with Crippen LogP contribution < -0.4 is 9.46 Å². The third-order valence-electron chi connectivity index (χ3n) is 4.08. The Labute approximate surface area is 160 Å². The van der Waals surface area contributed by atoms with Gasteiger partial charge in [0.15, 0.2) is 6.10 Å². The first-order chi connectivity index (χ1) is 12.9. The van der Waals surface area contributed by atoms with Gasteiger partial charge in [0.1, 0.15) is 5.75 Å². The fourth-order valence-electron chi connectivity index (χ4n) is 2.60. The second-order valence-corrected chi connectivity index (χ2v) is 7.88. The first kappa shape index (κ1) is 21.6. The molecule has 0 bridgehead atoms. The van der Waals surface area contributed by atoms with E-state index >= 15 is 0 Å². The smallest absolute Gasteiger partial charge is 0.263 e. The summed E-state index contributed by atoms with van der Waals surface area (Å²) < 4.78 is 43.1. The SMILES string of the molecule is CCOCCCNS(=O)(=O)c1ccc(O[C@H](C)C(=O)N2CCOCC2)cc1. The first-order valence-corrected chi connectivity index (χ1v) is 10.6. The average Bonchev–Trinajstić information content (AvgIpc) is 2.68. The first-order valence-electron chi connectivity index (χ1n) is 9.14. The van der Waals surface area contributed by atoms with Crippen LogP contribution in [0.5, 0.6) is 5.75 Å². The monoisotopic (exact) mass is 400 g/mol. The molecule has 0 aromatic heterocycles. The predicted molar refractivity (Wildman–Crippen MR) is 100 cm³/mol. The molecule has 0 unspecified atom stereocenters. The maximum atomic E-state index is 12.4. The number of carbonyl (C=O) groups is 1. The Kier molecular flexibility index (Phi) is 8.49. The molecule has 0 spiro atoms. The van der Waals surface area contributed by atoms with E-state index in [1.165, 1.54) is 12.1 Å². The molecule has 0 aliphatic carbocycles. The van der Waals surface area contributed by atoms with Gasteiger partial charge in [-0.15, -0.1) is 0 Å². The van der Waals surface area contributed by atoms with Crippen molar-refractivity contribution in [2.24, 2.45) is 0 Å². The van der Waals surface area contributed by atoms with Crippen molar-refractivity contribution in [2.45, 2.75) is 31.3 Å². The van der Waals surface area contributed by atoms with Crippen LogP contribution in [0.1, 0.15) is 20.3 Å². The van der Waals surface area contributed by atoms with E-state index in [0.29, 0.717) is 58.2 Å². The minimum absolute atomic E-state index is 0.106. The van der Waals surface area contributed by atoms with Gasteiger partial charge in [0, 0.05) is 32.8 Å². The second kappa shape index (κ2) is 10.6. The van der Waals surface area contributed by atoms with Gasteiger partial charge in [-0.25, -0.2) is 13.1 Å². The summed E-state index contributed by atoms with van der Waals surface area (Å²) in [6, 6.07) is 6.04. The largest absolute Gasteiger partial charge is 0.481 e. The van der Waals surface area contributed by atoms with E-state index in [4.69, 9.17) is 14.2 Å². The van der Waals surface area contributed by atoms with E-state index in [0.717, 1.165) is 0 Å². The molecule has 27 heavy (non-hydrogen) atoms. The van der Waals surface area contributed by atoms with E-state index in [9.17, 15) is 13.2 Å². The molecule has 1 amide bonds. The summed E-state index contributed by atoms with van der Waals surface area (Å²) in [5, 5.41) is 0. The number of amides is 1. The lowest BCUT2D eigenvalue weighted by Gasteiger charge is -2.29. The maximum absolute atomic E-state index is 12.4. The summed E-state index contributed by atoms with van der Waals surface area (Å²) in [5.41, 5.74) is 0. The lowest BCUT2D eigenvalue weighted by atomic mass is 10.3. The van der Waals surface area contributed by atoms with E-state index < -0.39 is 16.1 Å². The Morgan fingerprint density at radius 3 is 2.56 bits per heavy atom. The molecule has 1 saturated heterocycles. The molecule has 152 valence electrons. The summed E-state index contributed by atoms with van der Waals surface area (Å²) in [7, 11) is -3.58. The molecule has 2 rings (SSSR count). The van der Waals surface area contributed by atoms with Crippen LogP contribution in [-0.4, -0.2) is 71.4 Å². The van der Waals surface area contributed by atoms with Crippen LogP contribution in [0.3, 0.4) is 0 Å². The van der Waals surface area contributed by atoms with Crippen LogP contribution in [0, 0.1) is 0 Å². The van der Waals surface area contributed by atoms with E-state index in [-0.39, 0.29) is 10.8 Å². The van der Waals surface area contributed by atoms with Gasteiger partial charge in [0.2, 0.25) is 10.0 Å². The summed E-state index contributed by atoms with van der Waals surface area (Å²) in [6.45, 7) is 7.18. The van der Waals surface area contributed by atoms with Crippen LogP contribution in [0.4, 0.5) is 0 Å². The van der Waals surface area contributed by atoms with Crippen molar-refractivity contribution in [1.29, 1.82) is 0 Å². The van der Waals surface area contributed by atoms with E-state index in [1.54, 1.807) is 24.0 Å². The van der Waals surface area contributed by atoms with Gasteiger partial charge in [-0.05, 0) is 44.5 Å². The molecule has 1 aliphatic heterocycles. The van der Waals surface area contributed by atoms with Gasteiger partial charge >= 0.3 is 0 Å². The minimum Gasteiger partial charge on any atom is -0.481 e. The highest BCUT2D eigenvalue weighted by Crippen LogP contribution is 2.18. The highest BCUT2D eigenvalue weighted by molar-refractivity contribution is 7.89. The Morgan fingerprint density at radius 2 is 1.93 bits per heavy atom. The highest BCUT2D eigenvalue weighted by Gasteiger charge is 2.24. The van der Waals surface area contributed by atoms with Gasteiger partial charge in [-0.1, -0.05) is 0 Å². The third kappa shape index (κ3) is 6.76. The number of sulfonamides is 1. The Hall–Kier alpha value is -1.68. The number of hydrogen-bond donors (Lipinski definition) is 1. The summed E-state index contributed by atoms with van der Waals surface area (Å²) in [4.78, 5) is 14.2. The summed E-state index contributed by atoms with van der Waals surface area (Å²) in [6.07, 6.45) is -0.0441. The Bertz CT molecular complexity index is 686. The Morgan fingerprint density at radius 1 is 1.26 bits per heavy atom. The van der Waals surface area contributed by atoms with Crippen LogP contribution in [-0.2, 0) is 24.3 Å². The van der Waals surface area contributed by atoms with Crippen LogP contribution in [0.2, 0.25) is 0 Å². The number of ether oxygens (including phenoxy) is 3. The standard InChI is InChI=1S/C18H28N2O6S/c1-3-24-12-4-9-19-27(22,23)17-7-5-16(6-8-17)26-15(2)18(21)20-10-13-25-14-11-20/h5-8,15,19H,3-4,9-14H2,1-2H3/t15-/m1/s1. The number of hydrogen-bond acceptors (Lipinski definition) is 6. The summed E-state index contributed by atoms with van der Waals surface area (Å²) >= 11 is 0. The molecule has 9 heteroatoms. The molecule has 1 fully saturated rings. The van der Waals surface area contributed by atoms with Crippen LogP contribution >= 0.6 is 0 Å². The van der Waals surface area contributed by atoms with Gasteiger partial charge in [0.25, 0.3) is 5.91 Å². The Balaban J connectivity index is 1.87. The topological polar surface area (TPSA) is 94.2 Å². The van der Waals surface area contributed by atoms with E-state index in [1.807, 2.05) is 6.92 Å². The van der Waals surface area contributed by atoms with Gasteiger partial charge in [-0.2, -0.15) is 0 Å². The molecule has 1 N–H and O–H groups in total. The van der Waals surface area contributed by atoms with Gasteiger partial charge in [0.05, 0.1) is 18.1 Å². The molecule has 1 aromatic rings. The molecule has 1 heterocycles. The van der Waals surface area contributed by atoms with Gasteiger partial charge < -0.3 is 19.1 Å². The highest BCUT2D eigenvalue weighted by atomic mass is 32.2. The second-order valence-electron chi connectivity index (χ2n) is 6.12. The lowest BCUT2D eigenvalue weighted by molar-refractivity contribution is -0.142. The fourth-order valence-corrected chi connectivity index (χ4v) is 3.68. The third-order valence-corrected chi connectivity index (χ3v) is 5.56. The van der Waals surface area contributed by atoms with Crippen molar-refractivity contribution in [3.05, 3.63) is 24.3 Å². The predicted octanol–water partition coefficient (Wildman–Crippen LogP) is 1.02. The van der Waals surface area contributed by atoms with Crippen LogP contribution in [0.15, 0.2) is 29.2 Å². The summed E-state index contributed by atoms with van der Waals surface area (Å²) in [5.74, 6) is 0.338. The lowest BCUT2D eigenvalue weighted by Crippen LogP contribution is -2.46. The molecule has 1 aromatic carbocycles. The molecular weight excluding hydrogens is 372 g/mol. The fraction of sp³-hybridized carbons (Fsp3) is 0.611. The van der Waals surface area contributed by atoms with Crippen molar-refractivity contribution < 1.29 is 27.4 Å². The average molecular weight is 400 g/mol. The number of morpholine rings is 1. The van der Waals surface area contributed by atoms with Gasteiger partial charge in [-0.3, -0.25) is 4.79 Å². The van der Waals surface area contributed by atoms with Crippen molar-refractivity contribution >= 4 is 15.9 Å². The van der Waals surface area contributed by atoms with Crippen molar-refractivity contribution in [3.63, 3.8) is 0 Å². The number of rotatable bonds is 10. The molecule has 8 nitrogen and oxygen atoms in total. The molecule has 0 radical (unpaired) electrons. The van der Waals surface area contributed by atoms with Crippen LogP contribution in [0.25, 0.3) is 0 Å². The van der Waals surface area contributed by atoms with Crippen molar-refractivity contribution in [1.82, 2.24) is 9.62 Å². The quantitative estimate of drug-likeness (QED) is 0.589. The molecule has 0 saturated carbocycles. The molecule has 1 aliphatic rings. The van der Waals surface area contributed by atoms with Crippen molar-refractivity contribution in [3.8, 4) is 5.75 Å². The molecular formula is C18H28N2O6S. The zero-order chi connectivity index (χ0) is 19.7. The zero-order valence-corrected chi connectivity index (χ0v) is 16.7. The van der Waals surface area contributed by atoms with Crippen molar-refractivity contribution in [2.75, 3.05) is 46.1 Å². The number of nitrogens with one attached hydrogen (secondary N) is 1. The number of carbonyl (C=O) groups excluding carboxylic acids is 1.